The number of hydrogen-bond donors (Lipinski definition) is 1. The van der Waals surface area contributed by atoms with Crippen molar-refractivity contribution in [3.63, 3.8) is 0 Å². The Kier molecular flexibility index (Phi) is 1.88. The van der Waals surface area contributed by atoms with Crippen LogP contribution in [0.1, 0.15) is 0 Å². The van der Waals surface area contributed by atoms with E-state index in [1.54, 1.807) is 0 Å². The van der Waals surface area contributed by atoms with E-state index in [1.807, 2.05) is 0 Å². The van der Waals surface area contributed by atoms with Crippen LogP contribution in [0.4, 0.5) is 4.39 Å². The maximum atomic E-state index is 12.7. The number of H-pyrrole nitrogens is 1. The summed E-state index contributed by atoms with van der Waals surface area (Å²) in [5, 5.41) is 0.562. The zero-order chi connectivity index (χ0) is 9.42. The van der Waals surface area contributed by atoms with E-state index in [2.05, 4.69) is 25.9 Å². The number of hydrogen-bond acceptors (Lipinski definition) is 2. The van der Waals surface area contributed by atoms with Gasteiger partial charge >= 0.3 is 0 Å². The number of nitrogens with zero attached hydrogens (tertiary/aromatic N) is 1. The molecule has 0 aliphatic carbocycles. The first-order valence-electron chi connectivity index (χ1n) is 3.51. The van der Waals surface area contributed by atoms with Gasteiger partial charge in [0.2, 0.25) is 0 Å². The lowest BCUT2D eigenvalue weighted by molar-refractivity contribution is 0.624. The second kappa shape index (κ2) is 2.92. The van der Waals surface area contributed by atoms with Crippen molar-refractivity contribution in [1.29, 1.82) is 0 Å². The Morgan fingerprint density at radius 1 is 1.46 bits per heavy atom. The second-order valence-corrected chi connectivity index (χ2v) is 3.39. The van der Waals surface area contributed by atoms with Gasteiger partial charge in [-0.15, -0.1) is 0 Å². The molecule has 66 valence electrons. The quantitative estimate of drug-likeness (QED) is 0.767. The molecule has 0 aliphatic heterocycles. The number of aromatic nitrogens is 2. The van der Waals surface area contributed by atoms with E-state index in [9.17, 15) is 9.18 Å². The molecule has 0 spiro atoms. The van der Waals surface area contributed by atoms with Gasteiger partial charge in [0.25, 0.3) is 5.56 Å². The van der Waals surface area contributed by atoms with Gasteiger partial charge in [-0.05, 0) is 28.1 Å². The van der Waals surface area contributed by atoms with E-state index in [-0.39, 0.29) is 5.56 Å². The highest BCUT2D eigenvalue weighted by molar-refractivity contribution is 9.10. The van der Waals surface area contributed by atoms with Crippen molar-refractivity contribution in [3.8, 4) is 0 Å². The summed E-state index contributed by atoms with van der Waals surface area (Å²) in [6.45, 7) is 0. The fourth-order valence-corrected chi connectivity index (χ4v) is 1.38. The smallest absolute Gasteiger partial charge is 0.263 e. The summed E-state index contributed by atoms with van der Waals surface area (Å²) in [5.74, 6) is -0.425. The summed E-state index contributed by atoms with van der Waals surface area (Å²) < 4.78 is 13.1. The molecular weight excluding hydrogens is 239 g/mol. The Balaban J connectivity index is 2.89. The summed E-state index contributed by atoms with van der Waals surface area (Å²) in [5.41, 5.74) is 0.112. The van der Waals surface area contributed by atoms with E-state index in [0.29, 0.717) is 15.5 Å². The molecule has 0 atom stereocenters. The minimum absolute atomic E-state index is 0.272. The van der Waals surface area contributed by atoms with Crippen molar-refractivity contribution in [3.05, 3.63) is 39.0 Å². The van der Waals surface area contributed by atoms with Crippen molar-refractivity contribution >= 4 is 27.0 Å². The Morgan fingerprint density at radius 3 is 3.00 bits per heavy atom. The molecule has 0 radical (unpaired) electrons. The summed E-state index contributed by atoms with van der Waals surface area (Å²) in [4.78, 5) is 17.3. The molecule has 2 heterocycles. The van der Waals surface area contributed by atoms with Crippen molar-refractivity contribution in [1.82, 2.24) is 9.97 Å². The van der Waals surface area contributed by atoms with E-state index in [0.717, 1.165) is 6.20 Å². The van der Waals surface area contributed by atoms with Crippen LogP contribution in [-0.2, 0) is 0 Å². The van der Waals surface area contributed by atoms with Crippen molar-refractivity contribution < 1.29 is 4.39 Å². The molecule has 0 aliphatic rings. The van der Waals surface area contributed by atoms with Crippen LogP contribution in [0, 0.1) is 5.82 Å². The normalized spacial score (nSPS) is 10.6. The molecule has 0 saturated heterocycles. The van der Waals surface area contributed by atoms with Crippen LogP contribution in [0.25, 0.3) is 11.0 Å². The van der Waals surface area contributed by atoms with Gasteiger partial charge < -0.3 is 4.98 Å². The first-order chi connectivity index (χ1) is 6.16. The van der Waals surface area contributed by atoms with Gasteiger partial charge in [-0.25, -0.2) is 9.37 Å². The maximum Gasteiger partial charge on any atom is 0.263 e. The standard InChI is InChI=1S/C8H4BrFN2O/c9-6-2-4-1-5(10)3-11-7(4)12-8(6)13/h1-3H,(H,11,12,13). The summed E-state index contributed by atoms with van der Waals surface area (Å²) >= 11 is 3.05. The molecule has 0 aromatic carbocycles. The van der Waals surface area contributed by atoms with Gasteiger partial charge in [0.1, 0.15) is 11.5 Å². The van der Waals surface area contributed by atoms with E-state index in [1.165, 1.54) is 12.1 Å². The van der Waals surface area contributed by atoms with Crippen molar-refractivity contribution in [2.24, 2.45) is 0 Å². The Hall–Kier alpha value is -1.23. The maximum absolute atomic E-state index is 12.7. The largest absolute Gasteiger partial charge is 0.306 e. The number of nitrogens with one attached hydrogen (secondary N) is 1. The molecule has 1 N–H and O–H groups in total. The minimum atomic E-state index is -0.425. The lowest BCUT2D eigenvalue weighted by atomic mass is 10.3. The molecule has 13 heavy (non-hydrogen) atoms. The van der Waals surface area contributed by atoms with Crippen LogP contribution in [0.2, 0.25) is 0 Å². The average Bonchev–Trinajstić information content (AvgIpc) is 2.08. The SMILES string of the molecule is O=c1[nH]c2ncc(F)cc2cc1Br. The number of rotatable bonds is 0. The molecule has 2 aromatic heterocycles. The average molecular weight is 243 g/mol. The topological polar surface area (TPSA) is 45.8 Å². The van der Waals surface area contributed by atoms with Crippen LogP contribution in [-0.4, -0.2) is 9.97 Å². The lowest BCUT2D eigenvalue weighted by Gasteiger charge is -1.96. The van der Waals surface area contributed by atoms with Gasteiger partial charge in [-0.3, -0.25) is 4.79 Å². The first kappa shape index (κ1) is 8.37. The molecule has 2 rings (SSSR count). The molecule has 0 amide bonds. The molecular formula is C8H4BrFN2O. The Bertz CT molecular complexity index is 523. The predicted octanol–water partition coefficient (Wildman–Crippen LogP) is 1.82. The number of fused-ring (bicyclic) bond motifs is 1. The number of pyridine rings is 2. The summed E-state index contributed by atoms with van der Waals surface area (Å²) in [6.07, 6.45) is 1.06. The van der Waals surface area contributed by atoms with E-state index < -0.39 is 5.82 Å². The highest BCUT2D eigenvalue weighted by Gasteiger charge is 2.01. The van der Waals surface area contributed by atoms with Crippen LogP contribution in [0.15, 0.2) is 27.6 Å². The number of halogens is 2. The summed E-state index contributed by atoms with van der Waals surface area (Å²) in [6, 6.07) is 2.84. The molecule has 5 heteroatoms. The Labute approximate surface area is 80.7 Å². The van der Waals surface area contributed by atoms with E-state index in [4.69, 9.17) is 0 Å². The zero-order valence-electron chi connectivity index (χ0n) is 6.34. The molecule has 0 fully saturated rings. The van der Waals surface area contributed by atoms with Gasteiger partial charge in [0.15, 0.2) is 0 Å². The van der Waals surface area contributed by atoms with E-state index >= 15 is 0 Å². The molecule has 0 unspecified atom stereocenters. The first-order valence-corrected chi connectivity index (χ1v) is 4.30. The monoisotopic (exact) mass is 242 g/mol. The molecule has 0 saturated carbocycles. The fraction of sp³-hybridized carbons (Fsp3) is 0. The Morgan fingerprint density at radius 2 is 2.23 bits per heavy atom. The highest BCUT2D eigenvalue weighted by atomic mass is 79.9. The van der Waals surface area contributed by atoms with Crippen LogP contribution < -0.4 is 5.56 Å². The van der Waals surface area contributed by atoms with Gasteiger partial charge in [-0.1, -0.05) is 0 Å². The van der Waals surface area contributed by atoms with Crippen LogP contribution in [0.3, 0.4) is 0 Å². The third-order valence-corrected chi connectivity index (χ3v) is 2.20. The highest BCUT2D eigenvalue weighted by Crippen LogP contribution is 2.12. The van der Waals surface area contributed by atoms with Crippen molar-refractivity contribution in [2.45, 2.75) is 0 Å². The minimum Gasteiger partial charge on any atom is -0.306 e. The molecule has 2 aromatic rings. The van der Waals surface area contributed by atoms with Crippen molar-refractivity contribution in [2.75, 3.05) is 0 Å². The lowest BCUT2D eigenvalue weighted by Crippen LogP contribution is -2.06. The van der Waals surface area contributed by atoms with Crippen LogP contribution in [0.5, 0.6) is 0 Å². The predicted molar refractivity (Wildman–Crippen MR) is 50.0 cm³/mol. The molecule has 0 bridgehead atoms. The molecule has 3 nitrogen and oxygen atoms in total. The summed E-state index contributed by atoms with van der Waals surface area (Å²) in [7, 11) is 0. The van der Waals surface area contributed by atoms with Gasteiger partial charge in [-0.2, -0.15) is 0 Å². The van der Waals surface area contributed by atoms with Gasteiger partial charge in [0.05, 0.1) is 10.7 Å². The van der Waals surface area contributed by atoms with Gasteiger partial charge in [0, 0.05) is 5.39 Å². The third kappa shape index (κ3) is 1.47. The third-order valence-electron chi connectivity index (χ3n) is 1.61. The number of aromatic amines is 1. The zero-order valence-corrected chi connectivity index (χ0v) is 7.93. The second-order valence-electron chi connectivity index (χ2n) is 2.54. The fourth-order valence-electron chi connectivity index (χ4n) is 1.04. The van der Waals surface area contributed by atoms with Crippen LogP contribution >= 0.6 is 15.9 Å².